The molecule has 112 valence electrons. The molecule has 20 heavy (non-hydrogen) atoms. The van der Waals surface area contributed by atoms with Crippen molar-refractivity contribution in [3.05, 3.63) is 32.4 Å². The van der Waals surface area contributed by atoms with Gasteiger partial charge in [-0.2, -0.15) is 0 Å². The van der Waals surface area contributed by atoms with E-state index >= 15 is 0 Å². The van der Waals surface area contributed by atoms with Crippen LogP contribution < -0.4 is 5.73 Å². The summed E-state index contributed by atoms with van der Waals surface area (Å²) >= 11 is 8.36. The van der Waals surface area contributed by atoms with Crippen LogP contribution in [0.4, 0.5) is 0 Å². The fraction of sp³-hybridized carbons (Fsp3) is 0.500. The lowest BCUT2D eigenvalue weighted by Gasteiger charge is -2.38. The van der Waals surface area contributed by atoms with Crippen molar-refractivity contribution in [2.45, 2.75) is 25.8 Å². The number of nitrogens with two attached hydrogens (primary N) is 1. The quantitative estimate of drug-likeness (QED) is 0.732. The third-order valence-electron chi connectivity index (χ3n) is 3.67. The number of halogens is 3. The zero-order chi connectivity index (χ0) is 14.0. The first kappa shape index (κ1) is 18.0. The van der Waals surface area contributed by atoms with Gasteiger partial charge in [0.25, 0.3) is 5.91 Å². The Bertz CT molecular complexity index is 484. The summed E-state index contributed by atoms with van der Waals surface area (Å²) in [5, 5.41) is 0.520. The number of benzene rings is 1. The summed E-state index contributed by atoms with van der Waals surface area (Å²) < 4.78 is 1.03. The third-order valence-corrected chi connectivity index (χ3v) is 4.66. The van der Waals surface area contributed by atoms with E-state index in [-0.39, 0.29) is 24.4 Å². The Kier molecular flexibility index (Phi) is 7.04. The Balaban J connectivity index is 0.00000200. The number of nitrogens with zero attached hydrogens (tertiary/aromatic N) is 1. The predicted molar refractivity (Wildman–Crippen MR) is 93.7 cm³/mol. The lowest BCUT2D eigenvalue weighted by molar-refractivity contribution is 0.0574. The van der Waals surface area contributed by atoms with Gasteiger partial charge in [-0.3, -0.25) is 4.79 Å². The maximum atomic E-state index is 12.6. The molecule has 0 saturated carbocycles. The molecule has 0 spiro atoms. The minimum atomic E-state index is 0. The number of hydrogen-bond acceptors (Lipinski definition) is 2. The molecule has 0 bridgehead atoms. The van der Waals surface area contributed by atoms with Gasteiger partial charge in [0.15, 0.2) is 0 Å². The van der Waals surface area contributed by atoms with Crippen LogP contribution in [0.15, 0.2) is 18.2 Å². The average Bonchev–Trinajstić information content (AvgIpc) is 2.37. The minimum absolute atomic E-state index is 0. The smallest absolute Gasteiger partial charge is 0.255 e. The summed E-state index contributed by atoms with van der Waals surface area (Å²) in [6.45, 7) is 3.49. The van der Waals surface area contributed by atoms with Crippen LogP contribution in [-0.2, 0) is 0 Å². The van der Waals surface area contributed by atoms with Gasteiger partial charge in [0.2, 0.25) is 0 Å². The van der Waals surface area contributed by atoms with Gasteiger partial charge in [0.1, 0.15) is 0 Å². The van der Waals surface area contributed by atoms with E-state index in [2.05, 4.69) is 29.5 Å². The topological polar surface area (TPSA) is 46.3 Å². The fourth-order valence-electron chi connectivity index (χ4n) is 2.56. The van der Waals surface area contributed by atoms with Gasteiger partial charge in [-0.25, -0.2) is 0 Å². The van der Waals surface area contributed by atoms with E-state index in [0.717, 1.165) is 23.0 Å². The van der Waals surface area contributed by atoms with Crippen LogP contribution in [0, 0.1) is 9.49 Å². The highest BCUT2D eigenvalue weighted by atomic mass is 127. The first-order valence-electron chi connectivity index (χ1n) is 6.49. The molecule has 1 aromatic rings. The molecule has 1 saturated heterocycles. The molecule has 1 aliphatic rings. The molecular weight excluding hydrogens is 410 g/mol. The number of rotatable bonds is 2. The summed E-state index contributed by atoms with van der Waals surface area (Å²) in [5.41, 5.74) is 6.38. The van der Waals surface area contributed by atoms with Crippen LogP contribution in [0.2, 0.25) is 5.02 Å². The third kappa shape index (κ3) is 4.00. The van der Waals surface area contributed by atoms with E-state index in [1.165, 1.54) is 0 Å². The van der Waals surface area contributed by atoms with Gasteiger partial charge in [-0.15, -0.1) is 12.4 Å². The van der Waals surface area contributed by atoms with E-state index in [9.17, 15) is 4.79 Å². The molecule has 2 N–H and O–H groups in total. The largest absolute Gasteiger partial charge is 0.334 e. The highest BCUT2D eigenvalue weighted by Crippen LogP contribution is 2.26. The van der Waals surface area contributed by atoms with E-state index in [1.807, 2.05) is 17.0 Å². The monoisotopic (exact) mass is 428 g/mol. The second-order valence-electron chi connectivity index (χ2n) is 5.14. The Morgan fingerprint density at radius 3 is 2.85 bits per heavy atom. The molecule has 1 aromatic carbocycles. The van der Waals surface area contributed by atoms with Crippen molar-refractivity contribution in [2.75, 3.05) is 13.1 Å². The predicted octanol–water partition coefficient (Wildman–Crippen LogP) is 3.57. The summed E-state index contributed by atoms with van der Waals surface area (Å²) in [6, 6.07) is 5.66. The van der Waals surface area contributed by atoms with Gasteiger partial charge in [0.05, 0.1) is 10.6 Å². The van der Waals surface area contributed by atoms with Gasteiger partial charge >= 0.3 is 0 Å². The number of amides is 1. The maximum absolute atomic E-state index is 12.6. The molecule has 1 amide bonds. The molecule has 1 aliphatic heterocycles. The maximum Gasteiger partial charge on any atom is 0.255 e. The molecule has 2 unspecified atom stereocenters. The Hall–Kier alpha value is -0.0400. The molecule has 2 rings (SSSR count). The zero-order valence-corrected chi connectivity index (χ0v) is 15.0. The number of piperidine rings is 1. The number of hydrogen-bond donors (Lipinski definition) is 1. The number of carbonyl (C=O) groups is 1. The van der Waals surface area contributed by atoms with Crippen LogP contribution >= 0.6 is 46.6 Å². The average molecular weight is 429 g/mol. The second kappa shape index (κ2) is 7.82. The summed E-state index contributed by atoms with van der Waals surface area (Å²) in [4.78, 5) is 14.5. The molecule has 2 atom stereocenters. The SMILES string of the molecule is CC1CCN(C(=O)c2ccc(I)cc2Cl)C(CN)C1.Cl. The van der Waals surface area contributed by atoms with Crippen LogP contribution in [0.25, 0.3) is 0 Å². The highest BCUT2D eigenvalue weighted by molar-refractivity contribution is 14.1. The van der Waals surface area contributed by atoms with Gasteiger partial charge in [-0.1, -0.05) is 18.5 Å². The van der Waals surface area contributed by atoms with E-state index in [4.69, 9.17) is 17.3 Å². The lowest BCUT2D eigenvalue weighted by atomic mass is 9.92. The van der Waals surface area contributed by atoms with Crippen molar-refractivity contribution in [2.24, 2.45) is 11.7 Å². The molecular formula is C14H19Cl2IN2O. The first-order valence-corrected chi connectivity index (χ1v) is 7.94. The zero-order valence-electron chi connectivity index (χ0n) is 11.3. The normalized spacial score (nSPS) is 22.3. The number of carbonyl (C=O) groups excluding carboxylic acids is 1. The highest BCUT2D eigenvalue weighted by Gasteiger charge is 2.30. The van der Waals surface area contributed by atoms with Crippen molar-refractivity contribution in [1.82, 2.24) is 4.90 Å². The van der Waals surface area contributed by atoms with Crippen molar-refractivity contribution in [3.8, 4) is 0 Å². The molecule has 0 radical (unpaired) electrons. The van der Waals surface area contributed by atoms with Gasteiger partial charge in [0, 0.05) is 22.7 Å². The van der Waals surface area contributed by atoms with Crippen molar-refractivity contribution < 1.29 is 4.79 Å². The Labute approximate surface area is 144 Å². The molecule has 6 heteroatoms. The minimum Gasteiger partial charge on any atom is -0.334 e. The Morgan fingerprint density at radius 2 is 2.25 bits per heavy atom. The van der Waals surface area contributed by atoms with E-state index < -0.39 is 0 Å². The summed E-state index contributed by atoms with van der Waals surface area (Å²) in [6.07, 6.45) is 2.01. The Morgan fingerprint density at radius 1 is 1.55 bits per heavy atom. The molecule has 0 aliphatic carbocycles. The fourth-order valence-corrected chi connectivity index (χ4v) is 3.50. The standard InChI is InChI=1S/C14H18ClIN2O.ClH/c1-9-4-5-18(11(6-9)8-17)14(19)12-3-2-10(16)7-13(12)15;/h2-3,7,9,11H,4-6,8,17H2,1H3;1H. The van der Waals surface area contributed by atoms with Gasteiger partial charge in [-0.05, 0) is 59.5 Å². The van der Waals surface area contributed by atoms with E-state index in [0.29, 0.717) is 23.0 Å². The molecule has 3 nitrogen and oxygen atoms in total. The second-order valence-corrected chi connectivity index (χ2v) is 6.79. The van der Waals surface area contributed by atoms with E-state index in [1.54, 1.807) is 6.07 Å². The van der Waals surface area contributed by atoms with Crippen LogP contribution in [-0.4, -0.2) is 29.9 Å². The number of likely N-dealkylation sites (tertiary alicyclic amines) is 1. The van der Waals surface area contributed by atoms with Crippen molar-refractivity contribution >= 4 is 52.5 Å². The first-order chi connectivity index (χ1) is 9.02. The lowest BCUT2D eigenvalue weighted by Crippen LogP contribution is -2.49. The molecule has 0 aromatic heterocycles. The van der Waals surface area contributed by atoms with Crippen molar-refractivity contribution in [3.63, 3.8) is 0 Å². The summed E-state index contributed by atoms with van der Waals surface area (Å²) in [5.74, 6) is 0.633. The van der Waals surface area contributed by atoms with Gasteiger partial charge < -0.3 is 10.6 Å². The van der Waals surface area contributed by atoms with Crippen LogP contribution in [0.5, 0.6) is 0 Å². The molecule has 1 fully saturated rings. The van der Waals surface area contributed by atoms with Crippen molar-refractivity contribution in [1.29, 1.82) is 0 Å². The van der Waals surface area contributed by atoms with Crippen LogP contribution in [0.3, 0.4) is 0 Å². The molecule has 1 heterocycles. The summed E-state index contributed by atoms with van der Waals surface area (Å²) in [7, 11) is 0. The van der Waals surface area contributed by atoms with Crippen LogP contribution in [0.1, 0.15) is 30.1 Å².